The van der Waals surface area contributed by atoms with Gasteiger partial charge in [0.05, 0.1) is 12.6 Å². The smallest absolute Gasteiger partial charge is 0.234 e. The van der Waals surface area contributed by atoms with E-state index < -0.39 is 0 Å². The maximum absolute atomic E-state index is 11.8. The van der Waals surface area contributed by atoms with Crippen LogP contribution in [-0.2, 0) is 9.53 Å². The highest BCUT2D eigenvalue weighted by Crippen LogP contribution is 1.96. The van der Waals surface area contributed by atoms with Gasteiger partial charge in [0.1, 0.15) is 0 Å². The van der Waals surface area contributed by atoms with Gasteiger partial charge in [-0.3, -0.25) is 9.69 Å². The van der Waals surface area contributed by atoms with Gasteiger partial charge in [-0.25, -0.2) is 0 Å². The molecule has 1 saturated heterocycles. The van der Waals surface area contributed by atoms with E-state index in [1.54, 1.807) is 0 Å². The predicted octanol–water partition coefficient (Wildman–Crippen LogP) is 0.603. The summed E-state index contributed by atoms with van der Waals surface area (Å²) in [7, 11) is 0. The van der Waals surface area contributed by atoms with E-state index in [4.69, 9.17) is 4.74 Å². The molecule has 5 heteroatoms. The van der Waals surface area contributed by atoms with Crippen LogP contribution in [0.5, 0.6) is 0 Å². The molecule has 1 aliphatic rings. The minimum absolute atomic E-state index is 0.145. The third-order valence-electron chi connectivity index (χ3n) is 3.14. The largest absolute Gasteiger partial charge is 0.379 e. The molecule has 112 valence electrons. The van der Waals surface area contributed by atoms with Crippen LogP contribution in [0.2, 0.25) is 0 Å². The van der Waals surface area contributed by atoms with Crippen molar-refractivity contribution >= 4 is 5.91 Å². The van der Waals surface area contributed by atoms with Crippen LogP contribution in [0.4, 0.5) is 0 Å². The number of unbranched alkanes of at least 4 members (excludes halogenated alkanes) is 1. The van der Waals surface area contributed by atoms with Crippen LogP contribution in [0, 0.1) is 0 Å². The van der Waals surface area contributed by atoms with Crippen LogP contribution in [-0.4, -0.2) is 62.8 Å². The molecule has 1 rings (SSSR count). The monoisotopic (exact) mass is 271 g/mol. The van der Waals surface area contributed by atoms with Crippen molar-refractivity contribution in [1.29, 1.82) is 0 Å². The van der Waals surface area contributed by atoms with Crippen LogP contribution in [0.1, 0.15) is 33.1 Å². The maximum atomic E-state index is 11.8. The first-order valence-electron chi connectivity index (χ1n) is 7.50. The van der Waals surface area contributed by atoms with Crippen molar-refractivity contribution in [3.05, 3.63) is 0 Å². The average molecular weight is 271 g/mol. The Balaban J connectivity index is 1.98. The van der Waals surface area contributed by atoms with E-state index >= 15 is 0 Å². The van der Waals surface area contributed by atoms with Crippen molar-refractivity contribution in [2.45, 2.75) is 39.2 Å². The van der Waals surface area contributed by atoms with Gasteiger partial charge in [0.25, 0.3) is 0 Å². The van der Waals surface area contributed by atoms with E-state index in [0.29, 0.717) is 12.6 Å². The van der Waals surface area contributed by atoms with Gasteiger partial charge in [-0.2, -0.15) is 0 Å². The minimum Gasteiger partial charge on any atom is -0.379 e. The summed E-state index contributed by atoms with van der Waals surface area (Å²) >= 11 is 0. The molecule has 0 aromatic heterocycles. The first-order valence-corrected chi connectivity index (χ1v) is 7.50. The Bertz CT molecular complexity index is 239. The molecule has 0 radical (unpaired) electrons. The van der Waals surface area contributed by atoms with Crippen LogP contribution in [0.3, 0.4) is 0 Å². The second-order valence-electron chi connectivity index (χ2n) is 5.36. The quantitative estimate of drug-likeness (QED) is 0.635. The highest BCUT2D eigenvalue weighted by Gasteiger charge is 2.11. The number of ether oxygens (including phenoxy) is 1. The Labute approximate surface area is 117 Å². The zero-order valence-corrected chi connectivity index (χ0v) is 12.4. The van der Waals surface area contributed by atoms with Gasteiger partial charge < -0.3 is 15.4 Å². The molecular weight excluding hydrogens is 242 g/mol. The molecule has 0 bridgehead atoms. The Morgan fingerprint density at radius 1 is 1.32 bits per heavy atom. The summed E-state index contributed by atoms with van der Waals surface area (Å²) in [5, 5.41) is 6.32. The lowest BCUT2D eigenvalue weighted by Crippen LogP contribution is -2.39. The first-order chi connectivity index (χ1) is 9.18. The lowest BCUT2D eigenvalue weighted by Gasteiger charge is -2.18. The van der Waals surface area contributed by atoms with Gasteiger partial charge >= 0.3 is 0 Å². The Hall–Kier alpha value is -0.650. The second-order valence-corrected chi connectivity index (χ2v) is 5.36. The van der Waals surface area contributed by atoms with Crippen molar-refractivity contribution in [2.24, 2.45) is 0 Å². The zero-order chi connectivity index (χ0) is 13.9. The van der Waals surface area contributed by atoms with Crippen molar-refractivity contribution in [2.75, 3.05) is 45.9 Å². The molecule has 2 N–H and O–H groups in total. The number of carbonyl (C=O) groups excluding carboxylic acids is 1. The molecule has 1 amide bonds. The minimum atomic E-state index is 0.145. The average Bonchev–Trinajstić information content (AvgIpc) is 2.62. The Morgan fingerprint density at radius 3 is 2.95 bits per heavy atom. The van der Waals surface area contributed by atoms with E-state index in [9.17, 15) is 4.79 Å². The van der Waals surface area contributed by atoms with Gasteiger partial charge in [-0.1, -0.05) is 0 Å². The van der Waals surface area contributed by atoms with Gasteiger partial charge in [0.2, 0.25) is 5.91 Å². The highest BCUT2D eigenvalue weighted by molar-refractivity contribution is 5.77. The summed E-state index contributed by atoms with van der Waals surface area (Å²) in [5.74, 6) is 0.145. The maximum Gasteiger partial charge on any atom is 0.234 e. The molecule has 0 saturated carbocycles. The van der Waals surface area contributed by atoms with E-state index in [-0.39, 0.29) is 5.91 Å². The van der Waals surface area contributed by atoms with E-state index in [1.165, 1.54) is 0 Å². The molecule has 0 aromatic rings. The molecule has 1 heterocycles. The highest BCUT2D eigenvalue weighted by atomic mass is 16.5. The molecule has 0 aromatic carbocycles. The fourth-order valence-corrected chi connectivity index (χ4v) is 2.09. The summed E-state index contributed by atoms with van der Waals surface area (Å²) in [5.41, 5.74) is 0. The zero-order valence-electron chi connectivity index (χ0n) is 12.4. The first kappa shape index (κ1) is 16.4. The normalized spacial score (nSPS) is 17.4. The molecule has 0 aliphatic carbocycles. The summed E-state index contributed by atoms with van der Waals surface area (Å²) in [6, 6.07) is 0. The fraction of sp³-hybridized carbons (Fsp3) is 0.929. The lowest BCUT2D eigenvalue weighted by molar-refractivity contribution is -0.122. The SMILES string of the molecule is CC(C)OCCCCNC(=O)CN1CCCNCC1. The van der Waals surface area contributed by atoms with Gasteiger partial charge in [0, 0.05) is 26.2 Å². The molecule has 1 fully saturated rings. The third-order valence-corrected chi connectivity index (χ3v) is 3.14. The number of hydrogen-bond donors (Lipinski definition) is 2. The Morgan fingerprint density at radius 2 is 2.16 bits per heavy atom. The molecule has 0 atom stereocenters. The van der Waals surface area contributed by atoms with Gasteiger partial charge in [0.15, 0.2) is 0 Å². The molecule has 0 unspecified atom stereocenters. The molecule has 5 nitrogen and oxygen atoms in total. The van der Waals surface area contributed by atoms with E-state index in [0.717, 1.165) is 58.6 Å². The molecule has 19 heavy (non-hydrogen) atoms. The van der Waals surface area contributed by atoms with Crippen LogP contribution in [0.15, 0.2) is 0 Å². The predicted molar refractivity (Wildman–Crippen MR) is 77.3 cm³/mol. The fourth-order valence-electron chi connectivity index (χ4n) is 2.09. The van der Waals surface area contributed by atoms with Crippen molar-refractivity contribution in [3.63, 3.8) is 0 Å². The van der Waals surface area contributed by atoms with Crippen LogP contribution in [0.25, 0.3) is 0 Å². The summed E-state index contributed by atoms with van der Waals surface area (Å²) in [4.78, 5) is 14.0. The van der Waals surface area contributed by atoms with Gasteiger partial charge in [-0.05, 0) is 46.2 Å². The Kier molecular flexibility index (Phi) is 8.79. The number of amides is 1. The van der Waals surface area contributed by atoms with Crippen molar-refractivity contribution < 1.29 is 9.53 Å². The number of carbonyl (C=O) groups is 1. The molecule has 0 spiro atoms. The topological polar surface area (TPSA) is 53.6 Å². The third kappa shape index (κ3) is 8.97. The molecule has 1 aliphatic heterocycles. The van der Waals surface area contributed by atoms with Crippen LogP contribution >= 0.6 is 0 Å². The summed E-state index contributed by atoms with van der Waals surface area (Å²) in [6.45, 7) is 10.2. The van der Waals surface area contributed by atoms with Gasteiger partial charge in [-0.15, -0.1) is 0 Å². The van der Waals surface area contributed by atoms with E-state index in [1.807, 2.05) is 13.8 Å². The lowest BCUT2D eigenvalue weighted by atomic mass is 10.3. The van der Waals surface area contributed by atoms with Crippen LogP contribution < -0.4 is 10.6 Å². The standard InChI is InChI=1S/C14H29N3O2/c1-13(2)19-11-4-3-7-16-14(18)12-17-9-5-6-15-8-10-17/h13,15H,3-12H2,1-2H3,(H,16,18). The summed E-state index contributed by atoms with van der Waals surface area (Å²) < 4.78 is 5.46. The summed E-state index contributed by atoms with van der Waals surface area (Å²) in [6.07, 6.45) is 3.41. The van der Waals surface area contributed by atoms with Crippen molar-refractivity contribution in [3.8, 4) is 0 Å². The number of nitrogens with zero attached hydrogens (tertiary/aromatic N) is 1. The van der Waals surface area contributed by atoms with E-state index in [2.05, 4.69) is 15.5 Å². The number of hydrogen-bond acceptors (Lipinski definition) is 4. The molecular formula is C14H29N3O2. The number of nitrogens with one attached hydrogen (secondary N) is 2. The number of rotatable bonds is 8. The van der Waals surface area contributed by atoms with Crippen molar-refractivity contribution in [1.82, 2.24) is 15.5 Å². The second kappa shape index (κ2) is 10.2.